The lowest BCUT2D eigenvalue weighted by atomic mass is 9.98. The van der Waals surface area contributed by atoms with E-state index in [0.717, 1.165) is 48.9 Å². The zero-order chi connectivity index (χ0) is 19.5. The standard InChI is InChI=1S/C20H25N7O/c1-14-5-7-17(8-6-14)22-20(28)21-12-16-4-3-11-26(13-16)19-10-9-18-24-23-15(2)27(18)25-19/h5-10,16H,3-4,11-13H2,1-2H3,(H2,21,22,28). The quantitative estimate of drug-likeness (QED) is 0.728. The summed E-state index contributed by atoms with van der Waals surface area (Å²) in [5.74, 6) is 2.08. The Labute approximate surface area is 164 Å². The molecule has 2 amide bonds. The Morgan fingerprint density at radius 1 is 1.14 bits per heavy atom. The molecule has 0 bridgehead atoms. The second kappa shape index (κ2) is 7.84. The number of hydrogen-bond acceptors (Lipinski definition) is 5. The van der Waals surface area contributed by atoms with Gasteiger partial charge < -0.3 is 15.5 Å². The van der Waals surface area contributed by atoms with Crippen LogP contribution in [0.1, 0.15) is 24.2 Å². The molecule has 1 saturated heterocycles. The minimum atomic E-state index is -0.166. The van der Waals surface area contributed by atoms with Crippen LogP contribution in [0.4, 0.5) is 16.3 Å². The van der Waals surface area contributed by atoms with Crippen molar-refractivity contribution in [3.63, 3.8) is 0 Å². The van der Waals surface area contributed by atoms with Gasteiger partial charge in [0, 0.05) is 25.3 Å². The summed E-state index contributed by atoms with van der Waals surface area (Å²) in [6, 6.07) is 11.5. The topological polar surface area (TPSA) is 87.5 Å². The molecule has 2 aromatic heterocycles. The summed E-state index contributed by atoms with van der Waals surface area (Å²) in [6.45, 7) is 6.39. The first kappa shape index (κ1) is 18.2. The number of piperidine rings is 1. The molecule has 1 atom stereocenters. The lowest BCUT2D eigenvalue weighted by molar-refractivity contribution is 0.249. The van der Waals surface area contributed by atoms with Gasteiger partial charge in [0.05, 0.1) is 0 Å². The molecule has 1 fully saturated rings. The summed E-state index contributed by atoms with van der Waals surface area (Å²) >= 11 is 0. The average Bonchev–Trinajstić information content (AvgIpc) is 3.09. The minimum Gasteiger partial charge on any atom is -0.355 e. The molecule has 3 aromatic rings. The van der Waals surface area contributed by atoms with Crippen LogP contribution in [0.15, 0.2) is 36.4 Å². The van der Waals surface area contributed by atoms with Crippen molar-refractivity contribution in [1.29, 1.82) is 0 Å². The number of aromatic nitrogens is 4. The third-order valence-electron chi connectivity index (χ3n) is 5.11. The van der Waals surface area contributed by atoms with E-state index in [1.807, 2.05) is 50.2 Å². The van der Waals surface area contributed by atoms with Crippen LogP contribution in [0.3, 0.4) is 0 Å². The molecule has 1 unspecified atom stereocenters. The molecule has 0 radical (unpaired) electrons. The van der Waals surface area contributed by atoms with Crippen molar-refractivity contribution in [2.24, 2.45) is 5.92 Å². The van der Waals surface area contributed by atoms with Gasteiger partial charge in [0.25, 0.3) is 0 Å². The van der Waals surface area contributed by atoms with Gasteiger partial charge in [-0.15, -0.1) is 15.3 Å². The molecule has 28 heavy (non-hydrogen) atoms. The molecule has 4 rings (SSSR count). The number of benzene rings is 1. The number of anilines is 2. The summed E-state index contributed by atoms with van der Waals surface area (Å²) in [5, 5.41) is 18.7. The lowest BCUT2D eigenvalue weighted by Gasteiger charge is -2.33. The Kier molecular flexibility index (Phi) is 5.10. The highest BCUT2D eigenvalue weighted by Gasteiger charge is 2.22. The summed E-state index contributed by atoms with van der Waals surface area (Å²) in [6.07, 6.45) is 2.17. The molecule has 3 heterocycles. The maximum Gasteiger partial charge on any atom is 0.319 e. The smallest absolute Gasteiger partial charge is 0.319 e. The molecule has 0 saturated carbocycles. The Bertz CT molecular complexity index is 966. The second-order valence-electron chi connectivity index (χ2n) is 7.36. The third-order valence-corrected chi connectivity index (χ3v) is 5.11. The van der Waals surface area contributed by atoms with Crippen molar-refractivity contribution in [1.82, 2.24) is 25.1 Å². The normalized spacial score (nSPS) is 16.9. The maximum absolute atomic E-state index is 12.2. The van der Waals surface area contributed by atoms with Gasteiger partial charge in [-0.1, -0.05) is 17.7 Å². The van der Waals surface area contributed by atoms with Gasteiger partial charge in [0.2, 0.25) is 0 Å². The van der Waals surface area contributed by atoms with E-state index in [-0.39, 0.29) is 6.03 Å². The zero-order valence-corrected chi connectivity index (χ0v) is 16.2. The van der Waals surface area contributed by atoms with E-state index in [1.54, 1.807) is 4.52 Å². The van der Waals surface area contributed by atoms with Crippen LogP contribution >= 0.6 is 0 Å². The number of hydrogen-bond donors (Lipinski definition) is 2. The molecular weight excluding hydrogens is 354 g/mol. The van der Waals surface area contributed by atoms with E-state index < -0.39 is 0 Å². The van der Waals surface area contributed by atoms with Crippen molar-refractivity contribution in [2.45, 2.75) is 26.7 Å². The third kappa shape index (κ3) is 4.05. The number of fused-ring (bicyclic) bond motifs is 1. The van der Waals surface area contributed by atoms with Crippen molar-refractivity contribution >= 4 is 23.2 Å². The monoisotopic (exact) mass is 379 g/mol. The number of urea groups is 1. The Hall–Kier alpha value is -3.16. The maximum atomic E-state index is 12.2. The van der Waals surface area contributed by atoms with Gasteiger partial charge in [-0.05, 0) is 56.9 Å². The van der Waals surface area contributed by atoms with E-state index in [9.17, 15) is 4.79 Å². The van der Waals surface area contributed by atoms with E-state index in [2.05, 4.69) is 30.8 Å². The van der Waals surface area contributed by atoms with Crippen LogP contribution in [0.2, 0.25) is 0 Å². The van der Waals surface area contributed by atoms with Crippen molar-refractivity contribution < 1.29 is 4.79 Å². The number of aryl methyl sites for hydroxylation is 2. The number of rotatable bonds is 4. The zero-order valence-electron chi connectivity index (χ0n) is 16.2. The Morgan fingerprint density at radius 2 is 1.96 bits per heavy atom. The van der Waals surface area contributed by atoms with Crippen LogP contribution in [0.5, 0.6) is 0 Å². The molecular formula is C20H25N7O. The van der Waals surface area contributed by atoms with E-state index in [0.29, 0.717) is 12.5 Å². The minimum absolute atomic E-state index is 0.166. The van der Waals surface area contributed by atoms with Crippen molar-refractivity contribution in [3.8, 4) is 0 Å². The van der Waals surface area contributed by atoms with Gasteiger partial charge in [0.1, 0.15) is 5.82 Å². The molecule has 1 aliphatic heterocycles. The van der Waals surface area contributed by atoms with Gasteiger partial charge in [-0.25, -0.2) is 4.79 Å². The molecule has 8 nitrogen and oxygen atoms in total. The summed E-state index contributed by atoms with van der Waals surface area (Å²) in [4.78, 5) is 14.5. The fraction of sp³-hybridized carbons (Fsp3) is 0.400. The fourth-order valence-electron chi connectivity index (χ4n) is 3.54. The van der Waals surface area contributed by atoms with Gasteiger partial charge in [-0.3, -0.25) is 0 Å². The summed E-state index contributed by atoms with van der Waals surface area (Å²) in [7, 11) is 0. The van der Waals surface area contributed by atoms with E-state index in [4.69, 9.17) is 0 Å². The largest absolute Gasteiger partial charge is 0.355 e. The van der Waals surface area contributed by atoms with Crippen LogP contribution in [-0.4, -0.2) is 45.5 Å². The van der Waals surface area contributed by atoms with Crippen molar-refractivity contribution in [2.75, 3.05) is 29.9 Å². The number of nitrogens with zero attached hydrogens (tertiary/aromatic N) is 5. The number of carbonyl (C=O) groups excluding carboxylic acids is 1. The fourth-order valence-corrected chi connectivity index (χ4v) is 3.54. The SMILES string of the molecule is Cc1ccc(NC(=O)NCC2CCCN(c3ccc4nnc(C)n4n3)C2)cc1. The average molecular weight is 379 g/mol. The molecule has 8 heteroatoms. The van der Waals surface area contributed by atoms with Crippen LogP contribution < -0.4 is 15.5 Å². The molecule has 1 aliphatic rings. The molecule has 0 spiro atoms. The van der Waals surface area contributed by atoms with Gasteiger partial charge in [0.15, 0.2) is 11.5 Å². The lowest BCUT2D eigenvalue weighted by Crippen LogP contribution is -2.42. The molecule has 0 aliphatic carbocycles. The first-order valence-electron chi connectivity index (χ1n) is 9.64. The van der Waals surface area contributed by atoms with Gasteiger partial charge in [-0.2, -0.15) is 4.52 Å². The van der Waals surface area contributed by atoms with Gasteiger partial charge >= 0.3 is 6.03 Å². The number of carbonyl (C=O) groups is 1. The first-order chi connectivity index (χ1) is 13.6. The van der Waals surface area contributed by atoms with Crippen LogP contribution in [0.25, 0.3) is 5.65 Å². The highest BCUT2D eigenvalue weighted by Crippen LogP contribution is 2.21. The first-order valence-corrected chi connectivity index (χ1v) is 9.64. The Morgan fingerprint density at radius 3 is 2.79 bits per heavy atom. The Balaban J connectivity index is 1.33. The number of nitrogens with one attached hydrogen (secondary N) is 2. The predicted octanol–water partition coefficient (Wildman–Crippen LogP) is 2.78. The molecule has 146 valence electrons. The highest BCUT2D eigenvalue weighted by molar-refractivity contribution is 5.89. The number of amides is 2. The second-order valence-corrected chi connectivity index (χ2v) is 7.36. The summed E-state index contributed by atoms with van der Waals surface area (Å²) in [5.41, 5.74) is 2.72. The van der Waals surface area contributed by atoms with Crippen molar-refractivity contribution in [3.05, 3.63) is 47.8 Å². The predicted molar refractivity (Wildman–Crippen MR) is 109 cm³/mol. The van der Waals surface area contributed by atoms with Crippen LogP contribution in [-0.2, 0) is 0 Å². The van der Waals surface area contributed by atoms with Crippen LogP contribution in [0, 0.1) is 19.8 Å². The highest BCUT2D eigenvalue weighted by atomic mass is 16.2. The van der Waals surface area contributed by atoms with E-state index >= 15 is 0 Å². The van der Waals surface area contributed by atoms with E-state index in [1.165, 1.54) is 5.56 Å². The molecule has 2 N–H and O–H groups in total. The summed E-state index contributed by atoms with van der Waals surface area (Å²) < 4.78 is 1.77. The molecule has 1 aromatic carbocycles.